The first-order chi connectivity index (χ1) is 5.24. The SMILES string of the molecule is C=C(CN)c1cccc(Cl)n1. The molecule has 2 nitrogen and oxygen atoms in total. The highest BCUT2D eigenvalue weighted by molar-refractivity contribution is 6.29. The predicted octanol–water partition coefficient (Wildman–Crippen LogP) is 1.71. The zero-order chi connectivity index (χ0) is 8.27. The van der Waals surface area contributed by atoms with Crippen LogP contribution in [0.1, 0.15) is 5.69 Å². The van der Waals surface area contributed by atoms with Crippen LogP contribution in [-0.4, -0.2) is 11.5 Å². The van der Waals surface area contributed by atoms with Crippen molar-refractivity contribution in [1.82, 2.24) is 4.98 Å². The van der Waals surface area contributed by atoms with Gasteiger partial charge in [0.25, 0.3) is 0 Å². The molecule has 1 aromatic rings. The molecule has 0 bridgehead atoms. The van der Waals surface area contributed by atoms with Crippen molar-refractivity contribution in [2.45, 2.75) is 0 Å². The van der Waals surface area contributed by atoms with Crippen LogP contribution in [0.25, 0.3) is 5.57 Å². The summed E-state index contributed by atoms with van der Waals surface area (Å²) in [7, 11) is 0. The summed E-state index contributed by atoms with van der Waals surface area (Å²) in [5.74, 6) is 0. The van der Waals surface area contributed by atoms with Crippen molar-refractivity contribution < 1.29 is 0 Å². The average Bonchev–Trinajstić information content (AvgIpc) is 2.03. The molecule has 0 radical (unpaired) electrons. The number of hydrogen-bond donors (Lipinski definition) is 1. The number of aromatic nitrogens is 1. The molecule has 0 unspecified atom stereocenters. The van der Waals surface area contributed by atoms with Gasteiger partial charge in [0, 0.05) is 6.54 Å². The Labute approximate surface area is 70.7 Å². The molecular formula is C8H9ClN2. The normalized spacial score (nSPS) is 9.64. The maximum Gasteiger partial charge on any atom is 0.129 e. The maximum absolute atomic E-state index is 5.65. The second-order valence-corrected chi connectivity index (χ2v) is 2.54. The van der Waals surface area contributed by atoms with E-state index in [1.165, 1.54) is 0 Å². The fraction of sp³-hybridized carbons (Fsp3) is 0.125. The second-order valence-electron chi connectivity index (χ2n) is 2.15. The number of nitrogens with two attached hydrogens (primary N) is 1. The van der Waals surface area contributed by atoms with Crippen molar-refractivity contribution >= 4 is 17.2 Å². The van der Waals surface area contributed by atoms with E-state index in [0.717, 1.165) is 11.3 Å². The van der Waals surface area contributed by atoms with E-state index < -0.39 is 0 Å². The Morgan fingerprint density at radius 3 is 2.91 bits per heavy atom. The minimum atomic E-state index is 0.410. The number of pyridine rings is 1. The van der Waals surface area contributed by atoms with Crippen LogP contribution in [0.2, 0.25) is 5.15 Å². The topological polar surface area (TPSA) is 38.9 Å². The van der Waals surface area contributed by atoms with Gasteiger partial charge in [0.2, 0.25) is 0 Å². The molecule has 0 saturated heterocycles. The summed E-state index contributed by atoms with van der Waals surface area (Å²) >= 11 is 5.65. The molecule has 0 saturated carbocycles. The maximum atomic E-state index is 5.65. The summed E-state index contributed by atoms with van der Waals surface area (Å²) in [4.78, 5) is 4.03. The Bertz CT molecular complexity index is 271. The van der Waals surface area contributed by atoms with E-state index >= 15 is 0 Å². The van der Waals surface area contributed by atoms with Crippen LogP contribution in [0.3, 0.4) is 0 Å². The molecule has 0 aliphatic carbocycles. The summed E-state index contributed by atoms with van der Waals surface area (Å²) in [6.45, 7) is 4.15. The molecule has 0 spiro atoms. The van der Waals surface area contributed by atoms with Crippen molar-refractivity contribution in [3.05, 3.63) is 35.6 Å². The Morgan fingerprint density at radius 1 is 1.64 bits per heavy atom. The highest BCUT2D eigenvalue weighted by Crippen LogP contribution is 2.10. The Morgan fingerprint density at radius 2 is 2.36 bits per heavy atom. The van der Waals surface area contributed by atoms with Crippen molar-refractivity contribution in [2.75, 3.05) is 6.54 Å². The molecular weight excluding hydrogens is 160 g/mol. The van der Waals surface area contributed by atoms with Gasteiger partial charge in [-0.2, -0.15) is 0 Å². The lowest BCUT2D eigenvalue weighted by molar-refractivity contribution is 1.20. The monoisotopic (exact) mass is 168 g/mol. The van der Waals surface area contributed by atoms with Crippen LogP contribution >= 0.6 is 11.6 Å². The van der Waals surface area contributed by atoms with E-state index in [1.54, 1.807) is 6.07 Å². The van der Waals surface area contributed by atoms with E-state index in [-0.39, 0.29) is 0 Å². The molecule has 1 rings (SSSR count). The van der Waals surface area contributed by atoms with Crippen LogP contribution in [0, 0.1) is 0 Å². The minimum Gasteiger partial charge on any atom is -0.326 e. The largest absolute Gasteiger partial charge is 0.326 e. The molecule has 0 aromatic carbocycles. The molecule has 2 N–H and O–H groups in total. The Balaban J connectivity index is 2.96. The minimum absolute atomic E-state index is 0.410. The van der Waals surface area contributed by atoms with Gasteiger partial charge < -0.3 is 5.73 Å². The molecule has 11 heavy (non-hydrogen) atoms. The number of hydrogen-bond acceptors (Lipinski definition) is 2. The number of halogens is 1. The first kappa shape index (κ1) is 8.24. The molecule has 0 fully saturated rings. The van der Waals surface area contributed by atoms with Crippen molar-refractivity contribution in [3.63, 3.8) is 0 Å². The van der Waals surface area contributed by atoms with Gasteiger partial charge in [-0.25, -0.2) is 4.98 Å². The van der Waals surface area contributed by atoms with Gasteiger partial charge in [0.15, 0.2) is 0 Å². The van der Waals surface area contributed by atoms with Crippen LogP contribution in [0.4, 0.5) is 0 Å². The third-order valence-electron chi connectivity index (χ3n) is 1.32. The van der Waals surface area contributed by atoms with Crippen molar-refractivity contribution in [3.8, 4) is 0 Å². The van der Waals surface area contributed by atoms with E-state index in [4.69, 9.17) is 17.3 Å². The number of rotatable bonds is 2. The predicted molar refractivity (Wildman–Crippen MR) is 47.3 cm³/mol. The van der Waals surface area contributed by atoms with Gasteiger partial charge >= 0.3 is 0 Å². The highest BCUT2D eigenvalue weighted by atomic mass is 35.5. The van der Waals surface area contributed by atoms with Gasteiger partial charge in [-0.3, -0.25) is 0 Å². The van der Waals surface area contributed by atoms with E-state index in [9.17, 15) is 0 Å². The van der Waals surface area contributed by atoms with Gasteiger partial charge in [-0.05, 0) is 17.7 Å². The molecule has 1 heterocycles. The van der Waals surface area contributed by atoms with E-state index in [2.05, 4.69) is 11.6 Å². The summed E-state index contributed by atoms with van der Waals surface area (Å²) in [5, 5.41) is 0.470. The third-order valence-corrected chi connectivity index (χ3v) is 1.53. The van der Waals surface area contributed by atoms with Crippen LogP contribution in [-0.2, 0) is 0 Å². The second kappa shape index (κ2) is 3.51. The van der Waals surface area contributed by atoms with Crippen molar-refractivity contribution in [2.24, 2.45) is 5.73 Å². The van der Waals surface area contributed by atoms with Crippen LogP contribution in [0.5, 0.6) is 0 Å². The molecule has 0 atom stereocenters. The first-order valence-electron chi connectivity index (χ1n) is 3.25. The summed E-state index contributed by atoms with van der Waals surface area (Å²) in [6, 6.07) is 5.38. The Kier molecular flexibility index (Phi) is 2.63. The number of nitrogens with zero attached hydrogens (tertiary/aromatic N) is 1. The fourth-order valence-corrected chi connectivity index (χ4v) is 0.874. The van der Waals surface area contributed by atoms with Crippen LogP contribution < -0.4 is 5.73 Å². The molecule has 0 amide bonds. The average molecular weight is 169 g/mol. The lowest BCUT2D eigenvalue weighted by Gasteiger charge is -2.00. The summed E-state index contributed by atoms with van der Waals surface area (Å²) in [5.41, 5.74) is 6.93. The zero-order valence-corrected chi connectivity index (χ0v) is 6.80. The van der Waals surface area contributed by atoms with Crippen molar-refractivity contribution in [1.29, 1.82) is 0 Å². The molecule has 58 valence electrons. The zero-order valence-electron chi connectivity index (χ0n) is 6.05. The molecule has 1 aromatic heterocycles. The summed E-state index contributed by atoms with van der Waals surface area (Å²) in [6.07, 6.45) is 0. The van der Waals surface area contributed by atoms with Crippen LogP contribution in [0.15, 0.2) is 24.8 Å². The smallest absolute Gasteiger partial charge is 0.129 e. The lowest BCUT2D eigenvalue weighted by Crippen LogP contribution is -2.02. The standard InChI is InChI=1S/C8H9ClN2/c1-6(5-10)7-3-2-4-8(9)11-7/h2-4H,1,5,10H2. The van der Waals surface area contributed by atoms with Gasteiger partial charge in [0.1, 0.15) is 5.15 Å². The van der Waals surface area contributed by atoms with Gasteiger partial charge in [-0.1, -0.05) is 24.2 Å². The van der Waals surface area contributed by atoms with E-state index in [1.807, 2.05) is 12.1 Å². The molecule has 0 aliphatic rings. The quantitative estimate of drug-likeness (QED) is 0.683. The summed E-state index contributed by atoms with van der Waals surface area (Å²) < 4.78 is 0. The fourth-order valence-electron chi connectivity index (χ4n) is 0.710. The molecule has 0 aliphatic heterocycles. The lowest BCUT2D eigenvalue weighted by atomic mass is 10.2. The van der Waals surface area contributed by atoms with E-state index in [0.29, 0.717) is 11.7 Å². The van der Waals surface area contributed by atoms with Gasteiger partial charge in [-0.15, -0.1) is 0 Å². The van der Waals surface area contributed by atoms with Gasteiger partial charge in [0.05, 0.1) is 5.69 Å². The molecule has 3 heteroatoms. The first-order valence-corrected chi connectivity index (χ1v) is 3.62. The third kappa shape index (κ3) is 2.03. The Hall–Kier alpha value is -0.860. The highest BCUT2D eigenvalue weighted by Gasteiger charge is 1.97.